The molecule has 12 amide bonds. The van der Waals surface area contributed by atoms with E-state index in [1.54, 1.807) is 34.0 Å². The second kappa shape index (κ2) is 44.4. The maximum atomic E-state index is 14.7. The number of likely N-dealkylation sites (tertiary alicyclic amines) is 1. The minimum Gasteiger partial charge on any atom is -0.508 e. The van der Waals surface area contributed by atoms with Crippen molar-refractivity contribution in [3.63, 3.8) is 0 Å². The van der Waals surface area contributed by atoms with Gasteiger partial charge >= 0.3 is 0 Å². The molecule has 0 unspecified atom stereocenters. The topological polar surface area (TPSA) is 568 Å². The van der Waals surface area contributed by atoms with Crippen molar-refractivity contribution in [3.05, 3.63) is 29.8 Å². The Morgan fingerprint density at radius 1 is 0.536 bits per heavy atom. The first-order valence-corrected chi connectivity index (χ1v) is 34.6. The number of guanidine groups is 3. The number of nitrogens with zero attached hydrogens (tertiary/aromatic N) is 4. The number of carbonyl (C=O) groups excluding carboxylic acids is 12. The van der Waals surface area contributed by atoms with Gasteiger partial charge in [-0.1, -0.05) is 39.8 Å². The van der Waals surface area contributed by atoms with Crippen LogP contribution in [0.1, 0.15) is 118 Å². The van der Waals surface area contributed by atoms with E-state index in [0.717, 1.165) is 0 Å². The van der Waals surface area contributed by atoms with Gasteiger partial charge in [0.25, 0.3) is 0 Å². The first-order valence-electron chi connectivity index (χ1n) is 32.0. The van der Waals surface area contributed by atoms with Crippen molar-refractivity contribution in [2.75, 3.05) is 49.7 Å². The molecule has 2 rings (SSSR count). The van der Waals surface area contributed by atoms with Gasteiger partial charge < -0.3 is 103 Å². The molecule has 1 fully saturated rings. The molecule has 97 heavy (non-hydrogen) atoms. The van der Waals surface area contributed by atoms with E-state index in [-0.39, 0.29) is 125 Å². The van der Waals surface area contributed by atoms with Gasteiger partial charge in [-0.15, -0.1) is 0 Å². The molecular weight excluding hydrogens is 1320 g/mol. The van der Waals surface area contributed by atoms with Gasteiger partial charge in [0, 0.05) is 51.0 Å². The number of primary amides is 1. The number of hydrogen-bond acceptors (Lipinski definition) is 19. The normalized spacial score (nSPS) is 15.7. The van der Waals surface area contributed by atoms with Crippen LogP contribution in [0, 0.1) is 11.8 Å². The number of unbranched alkanes of at least 4 members (excludes halogenated alkanes) is 1. The Morgan fingerprint density at radius 3 is 1.52 bits per heavy atom. The highest BCUT2D eigenvalue weighted by Gasteiger charge is 2.41. The average Bonchev–Trinajstić information content (AvgIpc) is 1.75. The molecule has 1 aliphatic heterocycles. The van der Waals surface area contributed by atoms with Crippen LogP contribution in [0.2, 0.25) is 0 Å². The number of carbonyl (C=O) groups is 12. The van der Waals surface area contributed by atoms with Crippen molar-refractivity contribution in [2.24, 2.45) is 66.9 Å². The molecule has 0 aromatic heterocycles. The molecule has 0 aliphatic carbocycles. The number of aromatic hydroxyl groups is 1. The molecule has 0 radical (unpaired) electrons. The van der Waals surface area contributed by atoms with Gasteiger partial charge in [0.05, 0.1) is 0 Å². The third-order valence-electron chi connectivity index (χ3n) is 15.1. The lowest BCUT2D eigenvalue weighted by molar-refractivity contribution is -0.142. The summed E-state index contributed by atoms with van der Waals surface area (Å²) in [5.74, 6) is -10.6. The number of hydrogen-bond donors (Lipinski definition) is 20. The average molecular weight is 1420 g/mol. The minimum atomic E-state index is -1.46. The number of phenolic OH excluding ortho intramolecular Hbond substituents is 1. The molecule has 1 aliphatic rings. The number of rotatable bonds is 44. The molecule has 34 nitrogen and oxygen atoms in total. The van der Waals surface area contributed by atoms with Crippen LogP contribution in [-0.2, 0) is 64.0 Å². The summed E-state index contributed by atoms with van der Waals surface area (Å²) in [7, 11) is 0. The van der Waals surface area contributed by atoms with Crippen LogP contribution in [0.5, 0.6) is 5.75 Å². The lowest BCUT2D eigenvalue weighted by Crippen LogP contribution is -2.61. The minimum absolute atomic E-state index is 0.0425. The molecule has 1 saturated heterocycles. The van der Waals surface area contributed by atoms with Crippen molar-refractivity contribution < 1.29 is 62.6 Å². The fourth-order valence-corrected chi connectivity index (χ4v) is 11.0. The van der Waals surface area contributed by atoms with E-state index in [2.05, 4.69) is 93.4 Å². The Balaban J connectivity index is 2.47. The predicted molar refractivity (Wildman–Crippen MR) is 376 cm³/mol. The fraction of sp³-hybridized carbons (Fsp3) is 0.650. The molecule has 1 aromatic rings. The van der Waals surface area contributed by atoms with E-state index < -0.39 is 143 Å². The predicted octanol–water partition coefficient (Wildman–Crippen LogP) is -4.84. The maximum Gasteiger partial charge on any atom is 0.245 e. The second-order valence-electron chi connectivity index (χ2n) is 24.1. The molecule has 544 valence electrons. The van der Waals surface area contributed by atoms with Crippen LogP contribution in [0.15, 0.2) is 39.2 Å². The zero-order chi connectivity index (χ0) is 73.1. The van der Waals surface area contributed by atoms with Crippen molar-refractivity contribution in [2.45, 2.75) is 185 Å². The van der Waals surface area contributed by atoms with Gasteiger partial charge in [-0.3, -0.25) is 72.5 Å². The van der Waals surface area contributed by atoms with Crippen LogP contribution in [0.3, 0.4) is 0 Å². The third-order valence-corrected chi connectivity index (χ3v) is 16.5. The molecule has 0 spiro atoms. The number of aliphatic imine (C=N–C) groups is 3. The highest BCUT2D eigenvalue weighted by molar-refractivity contribution is 7.98. The second-order valence-corrected chi connectivity index (χ2v) is 25.8. The fourth-order valence-electron chi connectivity index (χ4n) is 9.99. The Morgan fingerprint density at radius 2 is 0.990 bits per heavy atom. The van der Waals surface area contributed by atoms with Crippen LogP contribution in [0.25, 0.3) is 0 Å². The smallest absolute Gasteiger partial charge is 0.245 e. The van der Waals surface area contributed by atoms with Gasteiger partial charge in [0.2, 0.25) is 70.9 Å². The number of nitrogens with two attached hydrogens (primary N) is 7. The van der Waals surface area contributed by atoms with Crippen LogP contribution in [0.4, 0.5) is 0 Å². The summed E-state index contributed by atoms with van der Waals surface area (Å²) >= 11 is 9.75. The van der Waals surface area contributed by atoms with E-state index in [1.807, 2.05) is 0 Å². The van der Waals surface area contributed by atoms with Gasteiger partial charge in [-0.2, -0.15) is 37.0 Å². The van der Waals surface area contributed by atoms with Crippen molar-refractivity contribution in [3.8, 4) is 5.75 Å². The number of thioether (sulfide) groups is 1. The number of amides is 12. The molecule has 37 heteroatoms. The van der Waals surface area contributed by atoms with E-state index in [0.29, 0.717) is 30.6 Å². The first-order chi connectivity index (χ1) is 45.7. The molecule has 1 heterocycles. The third kappa shape index (κ3) is 32.0. The van der Waals surface area contributed by atoms with Crippen molar-refractivity contribution in [1.82, 2.24) is 58.1 Å². The molecule has 11 atom stereocenters. The van der Waals surface area contributed by atoms with Gasteiger partial charge in [0.1, 0.15) is 72.2 Å². The SMILES string of the molecule is CSCC[C@H](NC(=O)[C@H](CS)NC(=O)[C@H](CCCN=C(N)N)NC(C)=O)C(=O)N[C@@H](CC(C)C)C(=O)N[C@H](C)C(=O)N[C@@H](CCCCN=C(N)N)C(=O)N[C@H](C(=O)N[C@@H](Cc1ccc(O)cc1)C(=O)N[C@@H](CCCN=C(N)N)C(=O)N1CCC[C@H]1C(=O)N[C@@H](CS)C(N)=O)C(C)C. The quantitative estimate of drug-likeness (QED) is 0.0126. The lowest BCUT2D eigenvalue weighted by Gasteiger charge is -2.31. The van der Waals surface area contributed by atoms with E-state index >= 15 is 0 Å². The lowest BCUT2D eigenvalue weighted by atomic mass is 9.99. The summed E-state index contributed by atoms with van der Waals surface area (Å²) < 4.78 is 0. The van der Waals surface area contributed by atoms with Gasteiger partial charge in [-0.25, -0.2) is 0 Å². The standard InChI is InChI=1S/C60H103N21O13S3/c1-31(2)27-41(76-50(87)39(21-26-97-7)74-54(91)44(30-96)79-49(86)37(72-34(6)82)14-10-23-69-59(64)65)52(89)71-33(5)48(85)73-38(13-8-9-22-68-58(62)63)51(88)80-46(32(3)4)56(93)77-42(28-35-17-19-36(83)20-18-35)53(90)75-40(15-11-24-70-60(66)67)57(94)81-25-12-16-45(81)55(92)78-43(29-95)47(61)84/h17-20,31-33,37-46,83,95-96H,8-16,21-30H2,1-7H3,(H2,61,84)(H,71,89)(H,72,82)(H,73,85)(H,74,91)(H,75,90)(H,76,87)(H,77,93)(H,78,92)(H,79,86)(H,80,88)(H4,62,63,68)(H4,64,65,69)(H4,66,67,70)/t33-,37+,38+,39+,40+,41+,42+,43+,44+,45+,46+/m1/s1. The van der Waals surface area contributed by atoms with Gasteiger partial charge in [-0.05, 0) is 119 Å². The summed E-state index contributed by atoms with van der Waals surface area (Å²) in [6.07, 6.45) is 3.41. The maximum absolute atomic E-state index is 14.7. The Kier molecular flexibility index (Phi) is 38.7. The van der Waals surface area contributed by atoms with Crippen molar-refractivity contribution in [1.29, 1.82) is 0 Å². The Bertz CT molecular complexity index is 2900. The molecule has 0 saturated carbocycles. The molecule has 0 bridgehead atoms. The molecular formula is C60H103N21O13S3. The number of benzene rings is 1. The van der Waals surface area contributed by atoms with Gasteiger partial charge in [0.15, 0.2) is 17.9 Å². The highest BCUT2D eigenvalue weighted by atomic mass is 32.2. The summed E-state index contributed by atoms with van der Waals surface area (Å²) in [5, 5.41) is 36.6. The van der Waals surface area contributed by atoms with E-state index in [4.69, 9.17) is 40.1 Å². The van der Waals surface area contributed by atoms with Crippen LogP contribution >= 0.6 is 37.0 Å². The van der Waals surface area contributed by atoms with Crippen molar-refractivity contribution >= 4 is 126 Å². The van der Waals surface area contributed by atoms with E-state index in [9.17, 15) is 62.6 Å². The number of nitrogens with one attached hydrogen (secondary N) is 10. The first kappa shape index (κ1) is 84.6. The zero-order valence-corrected chi connectivity index (χ0v) is 58.8. The number of thiol groups is 2. The summed E-state index contributed by atoms with van der Waals surface area (Å²) in [6, 6.07) is -8.19. The number of phenols is 1. The van der Waals surface area contributed by atoms with E-state index in [1.165, 1.54) is 54.8 Å². The molecule has 1 aromatic carbocycles. The largest absolute Gasteiger partial charge is 0.508 e. The molecule has 25 N–H and O–H groups in total. The summed E-state index contributed by atoms with van der Waals surface area (Å²) in [6.45, 7) is 9.88. The summed E-state index contributed by atoms with van der Waals surface area (Å²) in [4.78, 5) is 179. The summed E-state index contributed by atoms with van der Waals surface area (Å²) in [5.41, 5.74) is 38.9. The zero-order valence-electron chi connectivity index (χ0n) is 56.2. The Hall–Kier alpha value is -8.48. The van der Waals surface area contributed by atoms with Crippen LogP contribution < -0.4 is 93.3 Å². The Labute approximate surface area is 581 Å². The monoisotopic (exact) mass is 1420 g/mol. The van der Waals surface area contributed by atoms with Crippen LogP contribution in [-0.4, -0.2) is 215 Å². The highest BCUT2D eigenvalue weighted by Crippen LogP contribution is 2.21.